The topological polar surface area (TPSA) is 42.7 Å². The number of furan rings is 3. The monoisotopic (exact) mass is 979 g/mol. The molecular formula is C72H53NO3. The second kappa shape index (κ2) is 13.8. The molecule has 0 saturated heterocycles. The van der Waals surface area contributed by atoms with Crippen LogP contribution in [-0.4, -0.2) is 0 Å². The summed E-state index contributed by atoms with van der Waals surface area (Å²) in [5.41, 5.74) is 29.0. The molecule has 4 nitrogen and oxygen atoms in total. The summed E-state index contributed by atoms with van der Waals surface area (Å²) >= 11 is 0. The van der Waals surface area contributed by atoms with Crippen LogP contribution < -0.4 is 4.90 Å². The van der Waals surface area contributed by atoms with E-state index in [1.807, 2.05) is 0 Å². The van der Waals surface area contributed by atoms with Crippen LogP contribution in [0.5, 0.6) is 0 Å². The van der Waals surface area contributed by atoms with Gasteiger partial charge in [-0.15, -0.1) is 0 Å². The number of rotatable bonds is 3. The Hall–Kier alpha value is -8.60. The quantitative estimate of drug-likeness (QED) is 0.177. The van der Waals surface area contributed by atoms with Crippen molar-refractivity contribution in [2.75, 3.05) is 4.90 Å². The van der Waals surface area contributed by atoms with Gasteiger partial charge in [0.15, 0.2) is 0 Å². The number of benzene rings is 10. The zero-order valence-electron chi connectivity index (χ0n) is 43.9. The minimum atomic E-state index is -0.351. The van der Waals surface area contributed by atoms with Crippen LogP contribution in [0.25, 0.3) is 110 Å². The first-order valence-corrected chi connectivity index (χ1v) is 27.0. The zero-order valence-corrected chi connectivity index (χ0v) is 43.9. The molecule has 0 atom stereocenters. The van der Waals surface area contributed by atoms with Crippen LogP contribution in [-0.2, 0) is 21.7 Å². The Bertz CT molecular complexity index is 4830. The van der Waals surface area contributed by atoms with Gasteiger partial charge in [0, 0.05) is 76.6 Å². The number of para-hydroxylation sites is 3. The van der Waals surface area contributed by atoms with Crippen molar-refractivity contribution in [2.45, 2.75) is 77.0 Å². The smallest absolute Gasteiger partial charge is 0.144 e. The fourth-order valence-electron chi connectivity index (χ4n) is 15.4. The van der Waals surface area contributed by atoms with Gasteiger partial charge in [-0.2, -0.15) is 0 Å². The van der Waals surface area contributed by atoms with E-state index >= 15 is 0 Å². The van der Waals surface area contributed by atoms with Gasteiger partial charge in [-0.25, -0.2) is 0 Å². The Morgan fingerprint density at radius 2 is 0.776 bits per heavy atom. The van der Waals surface area contributed by atoms with E-state index in [-0.39, 0.29) is 21.7 Å². The third-order valence-corrected chi connectivity index (χ3v) is 19.0. The molecule has 10 aromatic carbocycles. The van der Waals surface area contributed by atoms with E-state index in [1.165, 1.54) is 105 Å². The number of anilines is 3. The maximum absolute atomic E-state index is 7.02. The van der Waals surface area contributed by atoms with Gasteiger partial charge in [-0.3, -0.25) is 0 Å². The van der Waals surface area contributed by atoms with Crippen molar-refractivity contribution >= 4 is 82.9 Å². The van der Waals surface area contributed by atoms with Crippen molar-refractivity contribution in [3.05, 3.63) is 220 Å². The highest BCUT2D eigenvalue weighted by molar-refractivity contribution is 6.21. The van der Waals surface area contributed by atoms with Gasteiger partial charge in [0.1, 0.15) is 33.5 Å². The highest BCUT2D eigenvalue weighted by Gasteiger charge is 2.49. The van der Waals surface area contributed by atoms with Gasteiger partial charge in [0.25, 0.3) is 0 Å². The van der Waals surface area contributed by atoms with Crippen molar-refractivity contribution in [2.24, 2.45) is 0 Å². The molecule has 76 heavy (non-hydrogen) atoms. The van der Waals surface area contributed by atoms with Crippen molar-refractivity contribution in [3.63, 3.8) is 0 Å². The van der Waals surface area contributed by atoms with Crippen molar-refractivity contribution in [3.8, 4) is 44.5 Å². The largest absolute Gasteiger partial charge is 0.456 e. The van der Waals surface area contributed by atoms with E-state index in [9.17, 15) is 0 Å². The van der Waals surface area contributed by atoms with Crippen LogP contribution in [0.2, 0.25) is 0 Å². The van der Waals surface area contributed by atoms with Gasteiger partial charge >= 0.3 is 0 Å². The normalized spacial score (nSPS) is 16.3. The van der Waals surface area contributed by atoms with Crippen LogP contribution in [0.3, 0.4) is 0 Å². The van der Waals surface area contributed by atoms with Crippen LogP contribution in [0.15, 0.2) is 189 Å². The highest BCUT2D eigenvalue weighted by atomic mass is 16.3. The maximum Gasteiger partial charge on any atom is 0.144 e. The van der Waals surface area contributed by atoms with E-state index < -0.39 is 0 Å². The van der Waals surface area contributed by atoms with E-state index in [0.717, 1.165) is 66.7 Å². The molecule has 0 saturated carbocycles. The standard InChI is InChI=1S/C72H53NO3/c1-69(2)51-30-32-60-62(45-19-11-15-23-57(45)75-60)61(51)49-37-54-47(36-55(49)69)41-28-25-39(34-52(41)70(54,3)4)73(38-27-31-59-48(33-38)42-17-10-14-22-56(42)74-59)40-26-29-44-53(35-40)72(7,8)66-63(44)64-46-20-12-16-24-58(46)76-68(64)65-43-18-9-13-21-50(43)71(5,6)67(65)66/h9-37H,1-8H3. The van der Waals surface area contributed by atoms with Crippen LogP contribution in [0.1, 0.15) is 99.9 Å². The summed E-state index contributed by atoms with van der Waals surface area (Å²) in [5, 5.41) is 6.98. The van der Waals surface area contributed by atoms with E-state index in [2.05, 4.69) is 236 Å². The molecule has 0 amide bonds. The average Bonchev–Trinajstić information content (AvgIpc) is 4.34. The SMILES string of the molecule is CC1(C)c2cc(N(c3ccc4c(c3)C(C)(C)c3c5c(c6oc7ccccc7c6c3-4)-c3ccccc3C5(C)C)c3ccc4oc5ccccc5c4c3)ccc2-c2cc3c(cc21)-c1c(ccc2oc4ccccc4c12)C3(C)C. The van der Waals surface area contributed by atoms with Crippen molar-refractivity contribution < 1.29 is 13.3 Å². The molecule has 0 fully saturated rings. The van der Waals surface area contributed by atoms with Gasteiger partial charge in [-0.1, -0.05) is 152 Å². The summed E-state index contributed by atoms with van der Waals surface area (Å²) in [4.78, 5) is 2.49. The van der Waals surface area contributed by atoms with Gasteiger partial charge in [0.05, 0.1) is 0 Å². The molecule has 0 spiro atoms. The molecule has 0 aliphatic heterocycles. The molecule has 3 aromatic heterocycles. The Morgan fingerprint density at radius 1 is 0.289 bits per heavy atom. The van der Waals surface area contributed by atoms with Gasteiger partial charge in [-0.05, 0) is 162 Å². The lowest BCUT2D eigenvalue weighted by Crippen LogP contribution is -2.24. The number of hydrogen-bond donors (Lipinski definition) is 0. The highest BCUT2D eigenvalue weighted by Crippen LogP contribution is 2.64. The first kappa shape index (κ1) is 42.7. The molecule has 4 heteroatoms. The maximum atomic E-state index is 7.02. The summed E-state index contributed by atoms with van der Waals surface area (Å²) in [6.45, 7) is 19.4. The van der Waals surface area contributed by atoms with E-state index in [0.29, 0.717) is 0 Å². The first-order chi connectivity index (χ1) is 36.7. The molecule has 0 radical (unpaired) electrons. The summed E-state index contributed by atoms with van der Waals surface area (Å²) in [7, 11) is 0. The number of nitrogens with zero attached hydrogens (tertiary/aromatic N) is 1. The Labute approximate surface area is 440 Å². The molecule has 4 aliphatic carbocycles. The van der Waals surface area contributed by atoms with Crippen molar-refractivity contribution in [1.29, 1.82) is 0 Å². The zero-order chi connectivity index (χ0) is 51.1. The Balaban J connectivity index is 0.875. The summed E-state index contributed by atoms with van der Waals surface area (Å²) < 4.78 is 20.0. The Morgan fingerprint density at radius 3 is 1.54 bits per heavy atom. The number of fused-ring (bicyclic) bond motifs is 25. The molecule has 4 aliphatic rings. The molecule has 364 valence electrons. The van der Waals surface area contributed by atoms with Crippen molar-refractivity contribution in [1.82, 2.24) is 0 Å². The van der Waals surface area contributed by atoms with E-state index in [1.54, 1.807) is 0 Å². The number of hydrogen-bond acceptors (Lipinski definition) is 4. The lowest BCUT2D eigenvalue weighted by molar-refractivity contribution is 0.600. The molecule has 0 unspecified atom stereocenters. The minimum absolute atomic E-state index is 0.191. The second-order valence-electron chi connectivity index (χ2n) is 24.3. The van der Waals surface area contributed by atoms with Gasteiger partial charge < -0.3 is 18.2 Å². The van der Waals surface area contributed by atoms with Gasteiger partial charge in [0.2, 0.25) is 0 Å². The molecule has 0 N–H and O–H groups in total. The summed E-state index contributed by atoms with van der Waals surface area (Å²) in [6, 6.07) is 65.3. The van der Waals surface area contributed by atoms with Crippen LogP contribution >= 0.6 is 0 Å². The average molecular weight is 980 g/mol. The fraction of sp³-hybridized carbons (Fsp3) is 0.167. The first-order valence-electron chi connectivity index (χ1n) is 27.0. The third kappa shape index (κ3) is 5.07. The predicted octanol–water partition coefficient (Wildman–Crippen LogP) is 20.1. The molecule has 13 aromatic rings. The van der Waals surface area contributed by atoms with Crippen LogP contribution in [0.4, 0.5) is 17.1 Å². The summed E-state index contributed by atoms with van der Waals surface area (Å²) in [5.74, 6) is 0. The second-order valence-corrected chi connectivity index (χ2v) is 24.3. The van der Waals surface area contributed by atoms with Crippen LogP contribution in [0, 0.1) is 0 Å². The fourth-order valence-corrected chi connectivity index (χ4v) is 15.4. The lowest BCUT2D eigenvalue weighted by Gasteiger charge is -2.32. The third-order valence-electron chi connectivity index (χ3n) is 19.0. The predicted molar refractivity (Wildman–Crippen MR) is 313 cm³/mol. The lowest BCUT2D eigenvalue weighted by atomic mass is 9.72. The molecule has 3 heterocycles. The molecular weight excluding hydrogens is 927 g/mol. The molecule has 0 bridgehead atoms. The molecule has 17 rings (SSSR count). The van der Waals surface area contributed by atoms with E-state index in [4.69, 9.17) is 13.3 Å². The summed E-state index contributed by atoms with van der Waals surface area (Å²) in [6.07, 6.45) is 0. The Kier molecular flexibility index (Phi) is 7.76. The minimum Gasteiger partial charge on any atom is -0.456 e.